The van der Waals surface area contributed by atoms with E-state index in [4.69, 9.17) is 17.2 Å². The molecular formula is C28H28N4O2S. The number of thiocarbonyl (C=S) groups is 1. The van der Waals surface area contributed by atoms with Gasteiger partial charge in [0.05, 0.1) is 10.9 Å². The van der Waals surface area contributed by atoms with Crippen LogP contribution < -0.4 is 16.2 Å². The van der Waals surface area contributed by atoms with Crippen LogP contribution in [0.5, 0.6) is 0 Å². The summed E-state index contributed by atoms with van der Waals surface area (Å²) in [4.78, 5) is 32.1. The Labute approximate surface area is 210 Å². The van der Waals surface area contributed by atoms with Gasteiger partial charge in [0.25, 0.3) is 5.56 Å². The van der Waals surface area contributed by atoms with Crippen LogP contribution in [0.1, 0.15) is 31.9 Å². The molecule has 0 aliphatic rings. The van der Waals surface area contributed by atoms with Crippen LogP contribution in [0.15, 0.2) is 83.7 Å². The van der Waals surface area contributed by atoms with E-state index in [0.717, 1.165) is 16.8 Å². The number of amides is 1. The zero-order valence-electron chi connectivity index (χ0n) is 20.0. The number of anilines is 1. The van der Waals surface area contributed by atoms with Gasteiger partial charge in [0.15, 0.2) is 5.11 Å². The highest BCUT2D eigenvalue weighted by Gasteiger charge is 2.28. The van der Waals surface area contributed by atoms with Crippen LogP contribution in [0.3, 0.4) is 0 Å². The van der Waals surface area contributed by atoms with Crippen molar-refractivity contribution < 1.29 is 4.79 Å². The summed E-state index contributed by atoms with van der Waals surface area (Å²) in [7, 11) is 0. The predicted octanol–water partition coefficient (Wildman–Crippen LogP) is 5.47. The van der Waals surface area contributed by atoms with Gasteiger partial charge in [-0.05, 0) is 55.7 Å². The van der Waals surface area contributed by atoms with E-state index in [9.17, 15) is 9.59 Å². The van der Waals surface area contributed by atoms with E-state index in [-0.39, 0.29) is 22.5 Å². The molecule has 1 atom stereocenters. The number of rotatable bonds is 6. The summed E-state index contributed by atoms with van der Waals surface area (Å²) in [5, 5.41) is 6.48. The number of carbonyl (C=O) groups excluding carboxylic acids is 1. The van der Waals surface area contributed by atoms with Crippen LogP contribution in [0, 0.1) is 12.8 Å². The van der Waals surface area contributed by atoms with Crippen molar-refractivity contribution in [2.75, 3.05) is 5.32 Å². The van der Waals surface area contributed by atoms with E-state index < -0.39 is 6.04 Å². The Balaban J connectivity index is 1.76. The van der Waals surface area contributed by atoms with Crippen LogP contribution in [0.2, 0.25) is 0 Å². The number of fused-ring (bicyclic) bond motifs is 1. The van der Waals surface area contributed by atoms with Crippen molar-refractivity contribution in [2.24, 2.45) is 5.92 Å². The van der Waals surface area contributed by atoms with Gasteiger partial charge in [-0.1, -0.05) is 74.0 Å². The monoisotopic (exact) mass is 484 g/mol. The number of para-hydroxylation sites is 1. The lowest BCUT2D eigenvalue weighted by Gasteiger charge is -2.24. The number of carbonyl (C=O) groups is 1. The lowest BCUT2D eigenvalue weighted by molar-refractivity contribution is -0.123. The smallest absolute Gasteiger partial charge is 0.262 e. The summed E-state index contributed by atoms with van der Waals surface area (Å²) >= 11 is 5.42. The van der Waals surface area contributed by atoms with Crippen molar-refractivity contribution >= 4 is 39.8 Å². The Bertz CT molecular complexity index is 1410. The lowest BCUT2D eigenvalue weighted by Crippen LogP contribution is -2.43. The zero-order chi connectivity index (χ0) is 24.9. The standard InChI is InChI=1S/C28H28N4O2S/c1-18(2)17-24(26(33)31-28(35)29-21-15-13-19(3)14-16-21)32-25(20-9-5-4-6-10-20)30-23-12-8-7-11-22(23)27(32)34/h4-16,18,24H,17H2,1-3H3,(H2,29,31,33,35)/t24-/m1/s1. The predicted molar refractivity (Wildman–Crippen MR) is 145 cm³/mol. The number of nitrogens with zero attached hydrogens (tertiary/aromatic N) is 2. The summed E-state index contributed by atoms with van der Waals surface area (Å²) in [6.07, 6.45) is 0.443. The van der Waals surface area contributed by atoms with Crippen LogP contribution in [0.25, 0.3) is 22.3 Å². The summed E-state index contributed by atoms with van der Waals surface area (Å²) in [5.41, 5.74) is 2.99. The van der Waals surface area contributed by atoms with E-state index in [1.54, 1.807) is 12.1 Å². The van der Waals surface area contributed by atoms with E-state index >= 15 is 0 Å². The van der Waals surface area contributed by atoms with Gasteiger partial charge < -0.3 is 10.6 Å². The molecule has 7 heteroatoms. The van der Waals surface area contributed by atoms with E-state index in [1.165, 1.54) is 4.57 Å². The molecule has 0 radical (unpaired) electrons. The molecule has 1 amide bonds. The van der Waals surface area contributed by atoms with Gasteiger partial charge >= 0.3 is 0 Å². The van der Waals surface area contributed by atoms with Crippen molar-refractivity contribution in [3.05, 3.63) is 94.8 Å². The molecule has 2 N–H and O–H groups in total. The molecule has 3 aromatic carbocycles. The summed E-state index contributed by atoms with van der Waals surface area (Å²) in [6.45, 7) is 6.04. The maximum atomic E-state index is 13.8. The Morgan fingerprint density at radius 2 is 1.63 bits per heavy atom. The van der Waals surface area contributed by atoms with Gasteiger partial charge in [-0.25, -0.2) is 4.98 Å². The van der Waals surface area contributed by atoms with Gasteiger partial charge in [0.2, 0.25) is 5.91 Å². The second-order valence-corrected chi connectivity index (χ2v) is 9.36. The first-order valence-corrected chi connectivity index (χ1v) is 12.0. The van der Waals surface area contributed by atoms with Crippen LogP contribution in [-0.4, -0.2) is 20.6 Å². The molecule has 178 valence electrons. The number of aryl methyl sites for hydroxylation is 1. The van der Waals surface area contributed by atoms with Gasteiger partial charge in [-0.2, -0.15) is 0 Å². The van der Waals surface area contributed by atoms with Crippen LogP contribution in [0.4, 0.5) is 5.69 Å². The molecule has 1 heterocycles. The molecule has 0 spiro atoms. The second kappa shape index (κ2) is 10.6. The Kier molecular flexibility index (Phi) is 7.36. The third-order valence-corrected chi connectivity index (χ3v) is 5.90. The van der Waals surface area contributed by atoms with Crippen molar-refractivity contribution in [2.45, 2.75) is 33.2 Å². The summed E-state index contributed by atoms with van der Waals surface area (Å²) in [6, 6.07) is 23.6. The van der Waals surface area contributed by atoms with Crippen molar-refractivity contribution in [1.29, 1.82) is 0 Å². The molecule has 0 saturated heterocycles. The van der Waals surface area contributed by atoms with Crippen LogP contribution in [-0.2, 0) is 4.79 Å². The van der Waals surface area contributed by atoms with Gasteiger partial charge in [0.1, 0.15) is 11.9 Å². The largest absolute Gasteiger partial charge is 0.332 e. The van der Waals surface area contributed by atoms with E-state index in [2.05, 4.69) is 10.6 Å². The zero-order valence-corrected chi connectivity index (χ0v) is 20.8. The molecule has 6 nitrogen and oxygen atoms in total. The topological polar surface area (TPSA) is 76.0 Å². The minimum absolute atomic E-state index is 0.145. The summed E-state index contributed by atoms with van der Waals surface area (Å²) < 4.78 is 1.52. The maximum absolute atomic E-state index is 13.8. The highest BCUT2D eigenvalue weighted by molar-refractivity contribution is 7.80. The molecule has 4 rings (SSSR count). The molecule has 0 unspecified atom stereocenters. The molecule has 0 aliphatic carbocycles. The van der Waals surface area contributed by atoms with Crippen molar-refractivity contribution in [3.63, 3.8) is 0 Å². The minimum Gasteiger partial charge on any atom is -0.332 e. The second-order valence-electron chi connectivity index (χ2n) is 8.95. The fourth-order valence-electron chi connectivity index (χ4n) is 4.00. The molecule has 1 aromatic heterocycles. The first kappa shape index (κ1) is 24.3. The van der Waals surface area contributed by atoms with Crippen LogP contribution >= 0.6 is 12.2 Å². The number of nitrogens with one attached hydrogen (secondary N) is 2. The number of hydrogen-bond acceptors (Lipinski definition) is 4. The maximum Gasteiger partial charge on any atom is 0.262 e. The fourth-order valence-corrected chi connectivity index (χ4v) is 4.22. The Hall–Kier alpha value is -3.84. The van der Waals surface area contributed by atoms with E-state index in [1.807, 2.05) is 87.5 Å². The number of hydrogen-bond donors (Lipinski definition) is 2. The molecule has 0 fully saturated rings. The molecule has 0 bridgehead atoms. The average molecular weight is 485 g/mol. The first-order valence-electron chi connectivity index (χ1n) is 11.6. The number of benzene rings is 3. The Morgan fingerprint density at radius 1 is 0.971 bits per heavy atom. The fraction of sp³-hybridized carbons (Fsp3) is 0.214. The highest BCUT2D eigenvalue weighted by Crippen LogP contribution is 2.25. The molecule has 0 saturated carbocycles. The van der Waals surface area contributed by atoms with Gasteiger partial charge in [0, 0.05) is 11.3 Å². The average Bonchev–Trinajstić information content (AvgIpc) is 2.84. The first-order chi connectivity index (χ1) is 16.8. The third kappa shape index (κ3) is 5.63. The lowest BCUT2D eigenvalue weighted by atomic mass is 10.0. The number of aromatic nitrogens is 2. The Morgan fingerprint density at radius 3 is 2.31 bits per heavy atom. The minimum atomic E-state index is -0.799. The van der Waals surface area contributed by atoms with Crippen molar-refractivity contribution in [1.82, 2.24) is 14.9 Å². The quantitative estimate of drug-likeness (QED) is 0.355. The normalized spacial score (nSPS) is 11.9. The molecule has 0 aliphatic heterocycles. The molecule has 35 heavy (non-hydrogen) atoms. The molecular weight excluding hydrogens is 456 g/mol. The van der Waals surface area contributed by atoms with E-state index in [0.29, 0.717) is 23.1 Å². The third-order valence-electron chi connectivity index (χ3n) is 5.69. The van der Waals surface area contributed by atoms with Gasteiger partial charge in [-0.3, -0.25) is 14.2 Å². The SMILES string of the molecule is Cc1ccc(NC(=S)NC(=O)[C@@H](CC(C)C)n2c(-c3ccccc3)nc3ccccc3c2=O)cc1. The van der Waals surface area contributed by atoms with Gasteiger partial charge in [-0.15, -0.1) is 0 Å². The highest BCUT2D eigenvalue weighted by atomic mass is 32.1. The molecule has 4 aromatic rings. The van der Waals surface area contributed by atoms with Crippen molar-refractivity contribution in [3.8, 4) is 11.4 Å². The summed E-state index contributed by atoms with van der Waals surface area (Å²) in [5.74, 6) is 0.235.